The highest BCUT2D eigenvalue weighted by atomic mass is 16.6. The number of carbonyl (C=O) groups is 2. The van der Waals surface area contributed by atoms with Crippen molar-refractivity contribution in [1.82, 2.24) is 30.0 Å². The molecule has 0 saturated carbocycles. The lowest BCUT2D eigenvalue weighted by Gasteiger charge is -2.26. The van der Waals surface area contributed by atoms with E-state index in [9.17, 15) is 9.59 Å². The number of anilines is 1. The molecule has 11 nitrogen and oxygen atoms in total. The van der Waals surface area contributed by atoms with Crippen LogP contribution in [-0.4, -0.2) is 73.7 Å². The summed E-state index contributed by atoms with van der Waals surface area (Å²) in [6, 6.07) is 16.5. The molecule has 0 atom stereocenters. The van der Waals surface area contributed by atoms with Gasteiger partial charge in [-0.1, -0.05) is 30.3 Å². The molecule has 40 heavy (non-hydrogen) atoms. The monoisotopic (exact) mass is 541 g/mol. The average Bonchev–Trinajstić information content (AvgIpc) is 3.30. The maximum absolute atomic E-state index is 13.2. The Bertz CT molecular complexity index is 1500. The van der Waals surface area contributed by atoms with Crippen molar-refractivity contribution in [3.8, 4) is 34.3 Å². The number of benzene rings is 2. The highest BCUT2D eigenvalue weighted by Gasteiger charge is 2.26. The van der Waals surface area contributed by atoms with Gasteiger partial charge in [0.05, 0.1) is 11.9 Å². The van der Waals surface area contributed by atoms with Gasteiger partial charge in [-0.2, -0.15) is 0 Å². The van der Waals surface area contributed by atoms with E-state index in [1.54, 1.807) is 28.1 Å². The summed E-state index contributed by atoms with van der Waals surface area (Å²) in [5, 5.41) is 8.21. The minimum absolute atomic E-state index is 0.0963. The number of nitrogen functional groups attached to an aromatic ring is 1. The Balaban J connectivity index is 1.28. The molecule has 4 aromatic rings. The summed E-state index contributed by atoms with van der Waals surface area (Å²) < 4.78 is 11.3. The molecule has 2 N–H and O–H groups in total. The first-order valence-electron chi connectivity index (χ1n) is 13.1. The van der Waals surface area contributed by atoms with Crippen LogP contribution in [0.5, 0.6) is 0 Å². The Morgan fingerprint density at radius 2 is 1.55 bits per heavy atom. The van der Waals surface area contributed by atoms with Crippen LogP contribution in [0.2, 0.25) is 0 Å². The van der Waals surface area contributed by atoms with Gasteiger partial charge in [-0.15, -0.1) is 10.2 Å². The smallest absolute Gasteiger partial charge is 0.410 e. The molecule has 1 aliphatic heterocycles. The molecule has 1 fully saturated rings. The zero-order valence-electron chi connectivity index (χ0n) is 22.7. The van der Waals surface area contributed by atoms with Crippen LogP contribution in [0.25, 0.3) is 34.3 Å². The van der Waals surface area contributed by atoms with Gasteiger partial charge in [0, 0.05) is 42.9 Å². The van der Waals surface area contributed by atoms with E-state index < -0.39 is 5.60 Å². The molecule has 2 amide bonds. The van der Waals surface area contributed by atoms with E-state index in [2.05, 4.69) is 20.2 Å². The number of carbonyl (C=O) groups excluding carboxylic acids is 2. The molecule has 11 heteroatoms. The number of hydrogen-bond acceptors (Lipinski definition) is 9. The van der Waals surface area contributed by atoms with Gasteiger partial charge in [0.15, 0.2) is 11.5 Å². The normalized spacial score (nSPS) is 14.1. The summed E-state index contributed by atoms with van der Waals surface area (Å²) in [6.07, 6.45) is 1.88. The summed E-state index contributed by atoms with van der Waals surface area (Å²) in [5.41, 5.74) is 8.43. The number of aromatic nitrogens is 4. The highest BCUT2D eigenvalue weighted by Crippen LogP contribution is 2.28. The lowest BCUT2D eigenvalue weighted by Crippen LogP contribution is -2.40. The molecule has 2 aromatic heterocycles. The van der Waals surface area contributed by atoms with E-state index in [1.165, 1.54) is 0 Å². The minimum atomic E-state index is -0.563. The first-order chi connectivity index (χ1) is 19.2. The summed E-state index contributed by atoms with van der Waals surface area (Å²) in [7, 11) is 0. The van der Waals surface area contributed by atoms with Crippen LogP contribution in [-0.2, 0) is 4.74 Å². The fourth-order valence-corrected chi connectivity index (χ4v) is 4.31. The fraction of sp³-hybridized carbons (Fsp3) is 0.310. The Kier molecular flexibility index (Phi) is 7.45. The molecule has 5 rings (SSSR count). The molecule has 0 spiro atoms. The van der Waals surface area contributed by atoms with Crippen LogP contribution in [0.1, 0.15) is 37.6 Å². The Morgan fingerprint density at radius 1 is 0.875 bits per heavy atom. The van der Waals surface area contributed by atoms with Crippen LogP contribution in [0.15, 0.2) is 65.2 Å². The quantitative estimate of drug-likeness (QED) is 0.394. The Morgan fingerprint density at radius 3 is 2.27 bits per heavy atom. The van der Waals surface area contributed by atoms with E-state index >= 15 is 0 Å². The largest absolute Gasteiger partial charge is 0.444 e. The van der Waals surface area contributed by atoms with E-state index in [-0.39, 0.29) is 29.4 Å². The highest BCUT2D eigenvalue weighted by molar-refractivity contribution is 5.94. The van der Waals surface area contributed by atoms with Crippen molar-refractivity contribution in [3.63, 3.8) is 0 Å². The van der Waals surface area contributed by atoms with Gasteiger partial charge in [0.2, 0.25) is 5.89 Å². The second-order valence-corrected chi connectivity index (χ2v) is 10.5. The number of hydrogen-bond donors (Lipinski definition) is 1. The summed E-state index contributed by atoms with van der Waals surface area (Å²) in [6.45, 7) is 7.47. The number of rotatable bonds is 4. The molecule has 0 unspecified atom stereocenters. The first kappa shape index (κ1) is 26.8. The van der Waals surface area contributed by atoms with Crippen LogP contribution >= 0.6 is 0 Å². The summed E-state index contributed by atoms with van der Waals surface area (Å²) in [4.78, 5) is 38.0. The molecule has 2 aromatic carbocycles. The second kappa shape index (κ2) is 11.1. The van der Waals surface area contributed by atoms with Crippen molar-refractivity contribution in [2.75, 3.05) is 31.9 Å². The zero-order chi connectivity index (χ0) is 28.3. The van der Waals surface area contributed by atoms with Gasteiger partial charge >= 0.3 is 6.09 Å². The fourth-order valence-electron chi connectivity index (χ4n) is 4.31. The van der Waals surface area contributed by atoms with Crippen molar-refractivity contribution in [2.45, 2.75) is 32.8 Å². The second-order valence-electron chi connectivity index (χ2n) is 10.5. The van der Waals surface area contributed by atoms with Crippen LogP contribution in [0, 0.1) is 0 Å². The minimum Gasteiger partial charge on any atom is -0.444 e. The predicted molar refractivity (Wildman–Crippen MR) is 149 cm³/mol. The standard InChI is InChI=1S/C29H31N7O4/c1-29(2,3)40-28(38)36-15-7-14-35(16-17-36)27(37)21-12-10-19(11-13-21)22-18-31-24(30)23(32-22)26-34-33-25(39-26)20-8-5-4-6-9-20/h4-6,8-13,18H,7,14-17H2,1-3H3,(H2,30,31). The molecule has 0 bridgehead atoms. The summed E-state index contributed by atoms with van der Waals surface area (Å²) >= 11 is 0. The number of nitrogens with two attached hydrogens (primary N) is 1. The van der Waals surface area contributed by atoms with Gasteiger partial charge in [-0.3, -0.25) is 4.79 Å². The maximum atomic E-state index is 13.2. The number of amides is 2. The molecular formula is C29H31N7O4. The summed E-state index contributed by atoms with van der Waals surface area (Å²) in [5.74, 6) is 0.591. The number of nitrogens with zero attached hydrogens (tertiary/aromatic N) is 6. The topological polar surface area (TPSA) is 141 Å². The molecule has 206 valence electrons. The first-order valence-corrected chi connectivity index (χ1v) is 13.1. The van der Waals surface area contributed by atoms with Crippen LogP contribution in [0.3, 0.4) is 0 Å². The zero-order valence-corrected chi connectivity index (χ0v) is 22.7. The lowest BCUT2D eigenvalue weighted by atomic mass is 10.1. The maximum Gasteiger partial charge on any atom is 0.410 e. The lowest BCUT2D eigenvalue weighted by molar-refractivity contribution is 0.0255. The van der Waals surface area contributed by atoms with Crippen molar-refractivity contribution < 1.29 is 18.7 Å². The molecule has 0 radical (unpaired) electrons. The Labute approximate surface area is 232 Å². The van der Waals surface area contributed by atoms with Gasteiger partial charge < -0.3 is 24.7 Å². The van der Waals surface area contributed by atoms with Gasteiger partial charge in [0.25, 0.3) is 11.8 Å². The van der Waals surface area contributed by atoms with Gasteiger partial charge in [-0.05, 0) is 51.5 Å². The molecule has 1 aliphatic rings. The Hall–Kier alpha value is -4.80. The molecule has 0 aliphatic carbocycles. The average molecular weight is 542 g/mol. The predicted octanol–water partition coefficient (Wildman–Crippen LogP) is 4.53. The van der Waals surface area contributed by atoms with E-state index in [0.29, 0.717) is 49.7 Å². The molecular weight excluding hydrogens is 510 g/mol. The van der Waals surface area contributed by atoms with E-state index in [4.69, 9.17) is 14.9 Å². The van der Waals surface area contributed by atoms with Crippen molar-refractivity contribution in [2.24, 2.45) is 0 Å². The van der Waals surface area contributed by atoms with Gasteiger partial charge in [-0.25, -0.2) is 14.8 Å². The SMILES string of the molecule is CC(C)(C)OC(=O)N1CCCN(C(=O)c2ccc(-c3cnc(N)c(-c4nnc(-c5ccccc5)o4)n3)cc2)CC1. The van der Waals surface area contributed by atoms with Crippen LogP contribution in [0.4, 0.5) is 10.6 Å². The van der Waals surface area contributed by atoms with Crippen molar-refractivity contribution in [3.05, 3.63) is 66.4 Å². The number of ether oxygens (including phenoxy) is 1. The van der Waals surface area contributed by atoms with Gasteiger partial charge in [0.1, 0.15) is 5.60 Å². The van der Waals surface area contributed by atoms with Crippen LogP contribution < -0.4 is 5.73 Å². The van der Waals surface area contributed by atoms with E-state index in [0.717, 1.165) is 11.1 Å². The van der Waals surface area contributed by atoms with E-state index in [1.807, 2.05) is 63.2 Å². The third-order valence-corrected chi connectivity index (χ3v) is 6.31. The van der Waals surface area contributed by atoms with Crippen molar-refractivity contribution >= 4 is 17.8 Å². The van der Waals surface area contributed by atoms with Crippen molar-refractivity contribution in [1.29, 1.82) is 0 Å². The third kappa shape index (κ3) is 6.09. The third-order valence-electron chi connectivity index (χ3n) is 6.31. The molecule has 3 heterocycles. The molecule has 1 saturated heterocycles.